The van der Waals surface area contributed by atoms with Gasteiger partial charge in [0.1, 0.15) is 11.2 Å². The largest absolute Gasteiger partial charge is 0.496 e. The number of amides is 1. The van der Waals surface area contributed by atoms with Gasteiger partial charge in [0, 0.05) is 78.2 Å². The fraction of sp³-hybridized carbons (Fsp3) is 0.592. The molecular formula is C49H62N4O10. The first-order valence-corrected chi connectivity index (χ1v) is 22.6. The van der Waals surface area contributed by atoms with Crippen LogP contribution in [0.2, 0.25) is 0 Å². The molecular weight excluding hydrogens is 805 g/mol. The van der Waals surface area contributed by atoms with Crippen LogP contribution >= 0.6 is 0 Å². The summed E-state index contributed by atoms with van der Waals surface area (Å²) in [6.45, 7) is 12.4. The van der Waals surface area contributed by atoms with Gasteiger partial charge in [0.05, 0.1) is 38.7 Å². The Morgan fingerprint density at radius 1 is 0.952 bits per heavy atom. The number of hydrogen-bond acceptors (Lipinski definition) is 12. The highest BCUT2D eigenvalue weighted by atomic mass is 16.6. The molecule has 5 aliphatic heterocycles. The molecule has 1 aliphatic carbocycles. The zero-order valence-electron chi connectivity index (χ0n) is 37.8. The molecule has 14 nitrogen and oxygen atoms in total. The third-order valence-corrected chi connectivity index (χ3v) is 16.4. The molecule has 10 atom stereocenters. The molecule has 3 aromatic rings. The summed E-state index contributed by atoms with van der Waals surface area (Å²) >= 11 is 0. The zero-order chi connectivity index (χ0) is 45.0. The zero-order valence-corrected chi connectivity index (χ0v) is 37.8. The van der Waals surface area contributed by atoms with Crippen LogP contribution in [-0.2, 0) is 57.1 Å². The maximum Gasteiger partial charge on any atom is 0.344 e. The fourth-order valence-corrected chi connectivity index (χ4v) is 14.0. The average Bonchev–Trinajstić information content (AvgIpc) is 3.94. The van der Waals surface area contributed by atoms with Gasteiger partial charge in [0.25, 0.3) is 0 Å². The highest BCUT2D eigenvalue weighted by Crippen LogP contribution is 2.68. The van der Waals surface area contributed by atoms with Crippen molar-refractivity contribution in [1.29, 1.82) is 0 Å². The standard InChI is InChI=1S/C49H62N4O10/c1-9-31-20-36-33(19-28(31)4)32-13-17-51-25-30(23-45(58,10-2)26-51)24-48(39(32)50-36,43(56)61-7)35-21-34-37(22-38(35)60-6)53(27-54)41-47(34)15-18-52-16-12-14-46(11-3,40(47)52)42(63-29(5)55)49(41,59)44(57)62-8/h12,14,19-22,27,30,40-42,50,58-59H,9-11,13,15-18,23-26H2,1-8H3/t30-,40+,41?,42-,45+,46-,47-,48+,49+/m1/s1. The van der Waals surface area contributed by atoms with E-state index in [9.17, 15) is 24.6 Å². The third-order valence-electron chi connectivity index (χ3n) is 16.4. The number of nitrogens with one attached hydrogen (secondary N) is 1. The van der Waals surface area contributed by atoms with E-state index in [1.165, 1.54) is 38.7 Å². The second-order valence-electron chi connectivity index (χ2n) is 19.2. The number of carbonyl (C=O) groups is 4. The van der Waals surface area contributed by atoms with Gasteiger partial charge in [-0.3, -0.25) is 24.2 Å². The molecule has 2 aromatic carbocycles. The Balaban J connectivity index is 1.39. The Bertz CT molecular complexity index is 2430. The van der Waals surface area contributed by atoms with E-state index in [1.807, 2.05) is 32.1 Å². The number of benzene rings is 2. The molecule has 338 valence electrons. The number of fused-ring (bicyclic) bond motifs is 6. The minimum Gasteiger partial charge on any atom is -0.496 e. The molecule has 2 bridgehead atoms. The summed E-state index contributed by atoms with van der Waals surface area (Å²) in [7, 11) is 4.12. The summed E-state index contributed by atoms with van der Waals surface area (Å²) in [5.41, 5.74) is -0.759. The van der Waals surface area contributed by atoms with E-state index in [4.69, 9.17) is 18.9 Å². The first-order valence-electron chi connectivity index (χ1n) is 22.6. The number of nitrogens with zero attached hydrogens (tertiary/aromatic N) is 3. The van der Waals surface area contributed by atoms with Gasteiger partial charge in [0.2, 0.25) is 12.0 Å². The number of esters is 3. The van der Waals surface area contributed by atoms with Crippen molar-refractivity contribution in [2.45, 2.75) is 120 Å². The molecule has 1 amide bonds. The molecule has 3 fully saturated rings. The van der Waals surface area contributed by atoms with Crippen LogP contribution in [0.5, 0.6) is 5.75 Å². The summed E-state index contributed by atoms with van der Waals surface area (Å²) < 4.78 is 23.9. The van der Waals surface area contributed by atoms with Crippen LogP contribution in [0, 0.1) is 18.3 Å². The first-order chi connectivity index (χ1) is 30.1. The predicted molar refractivity (Wildman–Crippen MR) is 235 cm³/mol. The van der Waals surface area contributed by atoms with E-state index in [2.05, 4.69) is 40.8 Å². The number of hydrogen-bond donors (Lipinski definition) is 3. The van der Waals surface area contributed by atoms with Crippen LogP contribution in [0.15, 0.2) is 36.4 Å². The van der Waals surface area contributed by atoms with Gasteiger partial charge < -0.3 is 39.0 Å². The molecule has 1 saturated carbocycles. The van der Waals surface area contributed by atoms with E-state index < -0.39 is 63.5 Å². The van der Waals surface area contributed by atoms with Crippen molar-refractivity contribution in [3.8, 4) is 5.75 Å². The Morgan fingerprint density at radius 3 is 2.37 bits per heavy atom. The predicted octanol–water partition coefficient (Wildman–Crippen LogP) is 4.39. The Kier molecular flexibility index (Phi) is 10.5. The van der Waals surface area contributed by atoms with E-state index in [0.29, 0.717) is 99.5 Å². The smallest absolute Gasteiger partial charge is 0.344 e. The highest BCUT2D eigenvalue weighted by Gasteiger charge is 2.81. The second kappa shape index (κ2) is 15.2. The molecule has 2 unspecified atom stereocenters. The molecule has 3 N–H and O–H groups in total. The number of ether oxygens (including phenoxy) is 4. The number of rotatable bonds is 9. The number of aryl methyl sites for hydroxylation is 2. The number of methoxy groups -OCH3 is 3. The number of anilines is 1. The van der Waals surface area contributed by atoms with Crippen LogP contribution < -0.4 is 9.64 Å². The summed E-state index contributed by atoms with van der Waals surface area (Å²) in [6, 6.07) is 6.38. The number of aliphatic hydroxyl groups is 2. The molecule has 1 aromatic heterocycles. The van der Waals surface area contributed by atoms with Gasteiger partial charge in [0.15, 0.2) is 6.10 Å². The summed E-state index contributed by atoms with van der Waals surface area (Å²) in [5.74, 6) is -2.06. The molecule has 6 heterocycles. The Labute approximate surface area is 368 Å². The minimum atomic E-state index is -2.54. The fourth-order valence-electron chi connectivity index (χ4n) is 14.0. The van der Waals surface area contributed by atoms with Crippen LogP contribution in [0.25, 0.3) is 10.9 Å². The maximum atomic E-state index is 15.5. The monoisotopic (exact) mass is 866 g/mol. The van der Waals surface area contributed by atoms with Gasteiger partial charge in [-0.15, -0.1) is 0 Å². The maximum absolute atomic E-state index is 15.5. The third kappa shape index (κ3) is 5.75. The first kappa shape index (κ1) is 43.5. The van der Waals surface area contributed by atoms with Gasteiger partial charge in [-0.05, 0) is 105 Å². The molecule has 0 radical (unpaired) electrons. The quantitative estimate of drug-likeness (QED) is 0.120. The van der Waals surface area contributed by atoms with Crippen molar-refractivity contribution in [2.75, 3.05) is 59.0 Å². The lowest BCUT2D eigenvalue weighted by Gasteiger charge is -2.63. The van der Waals surface area contributed by atoms with Crippen molar-refractivity contribution in [2.24, 2.45) is 11.3 Å². The van der Waals surface area contributed by atoms with Crippen LogP contribution in [0.4, 0.5) is 5.69 Å². The molecule has 6 aliphatic rings. The Morgan fingerprint density at radius 2 is 1.71 bits per heavy atom. The summed E-state index contributed by atoms with van der Waals surface area (Å²) in [5, 5.41) is 26.4. The van der Waals surface area contributed by atoms with Gasteiger partial charge in [-0.25, -0.2) is 4.79 Å². The summed E-state index contributed by atoms with van der Waals surface area (Å²) in [4.78, 5) is 66.7. The van der Waals surface area contributed by atoms with Crippen LogP contribution in [0.1, 0.15) is 93.3 Å². The van der Waals surface area contributed by atoms with E-state index in [1.54, 1.807) is 6.07 Å². The van der Waals surface area contributed by atoms with Crippen molar-refractivity contribution >= 4 is 40.9 Å². The SMILES string of the molecule is CCc1cc2[nH]c3c(c2cc1C)CCN1C[C@H](C[C@@](O)(CC)C1)C[C@]3(C(=O)OC)c1cc2c(cc1OC)N(C=O)C1[C@]23CCN2CC=C[C@@](CC)([C@@H](OC(C)=O)[C@]1(O)C(=O)OC)[C@H]23. The number of H-pyrrole nitrogens is 1. The van der Waals surface area contributed by atoms with Crippen molar-refractivity contribution < 1.29 is 48.3 Å². The normalized spacial score (nSPS) is 35.3. The number of aromatic nitrogens is 1. The topological polar surface area (TPSA) is 171 Å². The highest BCUT2D eigenvalue weighted by molar-refractivity contribution is 5.97. The molecule has 9 rings (SSSR count). The van der Waals surface area contributed by atoms with Crippen LogP contribution in [0.3, 0.4) is 0 Å². The van der Waals surface area contributed by atoms with Gasteiger partial charge >= 0.3 is 17.9 Å². The lowest BCUT2D eigenvalue weighted by molar-refractivity contribution is -0.228. The van der Waals surface area contributed by atoms with Crippen molar-refractivity contribution in [3.05, 3.63) is 69.9 Å². The van der Waals surface area contributed by atoms with Crippen molar-refractivity contribution in [3.63, 3.8) is 0 Å². The molecule has 1 spiro atoms. The van der Waals surface area contributed by atoms with E-state index in [0.717, 1.165) is 28.5 Å². The number of carbonyl (C=O) groups excluding carboxylic acids is 4. The lowest BCUT2D eigenvalue weighted by atomic mass is 9.47. The number of piperidine rings is 1. The number of aromatic amines is 1. The minimum absolute atomic E-state index is 0.162. The summed E-state index contributed by atoms with van der Waals surface area (Å²) in [6.07, 6.45) is 6.68. The molecule has 2 saturated heterocycles. The van der Waals surface area contributed by atoms with Crippen molar-refractivity contribution in [1.82, 2.24) is 14.8 Å². The molecule has 14 heteroatoms. The van der Waals surface area contributed by atoms with E-state index in [-0.39, 0.29) is 12.3 Å². The average molecular weight is 867 g/mol. The van der Waals surface area contributed by atoms with Gasteiger partial charge in [-0.2, -0.15) is 0 Å². The van der Waals surface area contributed by atoms with E-state index >= 15 is 4.79 Å². The van der Waals surface area contributed by atoms with Crippen LogP contribution in [-0.4, -0.2) is 133 Å². The Hall–Kier alpha value is -4.76. The lowest BCUT2D eigenvalue weighted by Crippen LogP contribution is -2.81. The van der Waals surface area contributed by atoms with Gasteiger partial charge in [-0.1, -0.05) is 32.9 Å². The molecule has 63 heavy (non-hydrogen) atoms. The second-order valence-corrected chi connectivity index (χ2v) is 19.2.